The number of aryl methyl sites for hydroxylation is 1. The molecule has 2 heteroatoms. The van der Waals surface area contributed by atoms with Crippen molar-refractivity contribution in [3.8, 4) is 0 Å². The van der Waals surface area contributed by atoms with E-state index in [2.05, 4.69) is 13.8 Å². The molecule has 0 saturated carbocycles. The van der Waals surface area contributed by atoms with Gasteiger partial charge < -0.3 is 5.73 Å². The van der Waals surface area contributed by atoms with Gasteiger partial charge in [0, 0.05) is 0 Å². The maximum atomic E-state index is 5.90. The Labute approximate surface area is 84.9 Å². The minimum Gasteiger partial charge on any atom is -0.397 e. The highest BCUT2D eigenvalue weighted by molar-refractivity contribution is 6.33. The van der Waals surface area contributed by atoms with Gasteiger partial charge >= 0.3 is 0 Å². The summed E-state index contributed by atoms with van der Waals surface area (Å²) >= 11 is 5.90. The summed E-state index contributed by atoms with van der Waals surface area (Å²) in [5, 5.41) is 0.668. The molecule has 0 spiro atoms. The van der Waals surface area contributed by atoms with Gasteiger partial charge in [-0.1, -0.05) is 37.6 Å². The molecule has 13 heavy (non-hydrogen) atoms. The molecule has 0 atom stereocenters. The second-order valence-electron chi connectivity index (χ2n) is 3.75. The Morgan fingerprint density at radius 2 is 2.08 bits per heavy atom. The van der Waals surface area contributed by atoms with Crippen LogP contribution in [-0.2, 0) is 6.42 Å². The minimum atomic E-state index is 0.668. The third kappa shape index (κ3) is 2.92. The maximum Gasteiger partial charge on any atom is 0.0638 e. The first kappa shape index (κ1) is 10.4. The molecular weight excluding hydrogens is 182 g/mol. The van der Waals surface area contributed by atoms with Crippen LogP contribution in [0.5, 0.6) is 0 Å². The smallest absolute Gasteiger partial charge is 0.0638 e. The first-order chi connectivity index (χ1) is 6.11. The van der Waals surface area contributed by atoms with Crippen molar-refractivity contribution < 1.29 is 0 Å². The molecular formula is C11H16ClN. The number of anilines is 1. The maximum absolute atomic E-state index is 5.90. The molecule has 0 heterocycles. The van der Waals surface area contributed by atoms with E-state index in [-0.39, 0.29) is 0 Å². The van der Waals surface area contributed by atoms with Crippen molar-refractivity contribution in [2.75, 3.05) is 5.73 Å². The molecule has 72 valence electrons. The van der Waals surface area contributed by atoms with E-state index >= 15 is 0 Å². The fraction of sp³-hybridized carbons (Fsp3) is 0.455. The minimum absolute atomic E-state index is 0.668. The van der Waals surface area contributed by atoms with Crippen LogP contribution in [0.25, 0.3) is 0 Å². The fourth-order valence-electron chi connectivity index (χ4n) is 1.24. The number of hydrogen-bond acceptors (Lipinski definition) is 1. The van der Waals surface area contributed by atoms with Gasteiger partial charge in [0.05, 0.1) is 10.7 Å². The normalized spacial score (nSPS) is 10.8. The van der Waals surface area contributed by atoms with Crippen LogP contribution in [0, 0.1) is 5.92 Å². The lowest BCUT2D eigenvalue weighted by Crippen LogP contribution is -1.97. The Balaban J connectivity index is 2.71. The van der Waals surface area contributed by atoms with E-state index < -0.39 is 0 Å². The van der Waals surface area contributed by atoms with Gasteiger partial charge in [0.1, 0.15) is 0 Å². The predicted molar refractivity (Wildman–Crippen MR) is 59.0 cm³/mol. The van der Waals surface area contributed by atoms with Gasteiger partial charge in [0.15, 0.2) is 0 Å². The zero-order valence-corrected chi connectivity index (χ0v) is 8.93. The highest BCUT2D eigenvalue weighted by atomic mass is 35.5. The summed E-state index contributed by atoms with van der Waals surface area (Å²) in [4.78, 5) is 0. The largest absolute Gasteiger partial charge is 0.397 e. The molecule has 1 nitrogen and oxygen atoms in total. The molecule has 1 aromatic rings. The lowest BCUT2D eigenvalue weighted by atomic mass is 10.0. The number of hydrogen-bond donors (Lipinski definition) is 1. The number of para-hydroxylation sites is 1. The van der Waals surface area contributed by atoms with Crippen molar-refractivity contribution in [2.45, 2.75) is 26.7 Å². The third-order valence-electron chi connectivity index (χ3n) is 2.13. The van der Waals surface area contributed by atoms with E-state index in [0.29, 0.717) is 10.9 Å². The molecule has 0 aliphatic rings. The molecule has 0 aliphatic carbocycles. The Hall–Kier alpha value is -0.690. The topological polar surface area (TPSA) is 26.0 Å². The van der Waals surface area contributed by atoms with Crippen molar-refractivity contribution >= 4 is 17.3 Å². The van der Waals surface area contributed by atoms with E-state index in [1.165, 1.54) is 5.56 Å². The Morgan fingerprint density at radius 3 is 2.69 bits per heavy atom. The van der Waals surface area contributed by atoms with Crippen LogP contribution in [0.3, 0.4) is 0 Å². The van der Waals surface area contributed by atoms with E-state index in [9.17, 15) is 0 Å². The number of benzene rings is 1. The number of halogens is 1. The number of nitrogen functional groups attached to an aromatic ring is 1. The molecule has 2 N–H and O–H groups in total. The second kappa shape index (κ2) is 4.52. The summed E-state index contributed by atoms with van der Waals surface area (Å²) in [6.45, 7) is 4.42. The van der Waals surface area contributed by atoms with Crippen molar-refractivity contribution in [3.05, 3.63) is 28.8 Å². The van der Waals surface area contributed by atoms with E-state index in [1.807, 2.05) is 18.2 Å². The molecule has 1 rings (SSSR count). The van der Waals surface area contributed by atoms with E-state index in [4.69, 9.17) is 17.3 Å². The van der Waals surface area contributed by atoms with Gasteiger partial charge in [-0.05, 0) is 30.4 Å². The SMILES string of the molecule is CC(C)CCc1cccc(Cl)c1N. The van der Waals surface area contributed by atoms with Gasteiger partial charge in [0.25, 0.3) is 0 Å². The van der Waals surface area contributed by atoms with Gasteiger partial charge in [-0.3, -0.25) is 0 Å². The molecule has 0 unspecified atom stereocenters. The molecule has 0 fully saturated rings. The monoisotopic (exact) mass is 197 g/mol. The van der Waals surface area contributed by atoms with Crippen molar-refractivity contribution in [2.24, 2.45) is 5.92 Å². The molecule has 1 aromatic carbocycles. The highest BCUT2D eigenvalue weighted by Gasteiger charge is 2.03. The van der Waals surface area contributed by atoms with E-state index in [0.717, 1.165) is 18.5 Å². The van der Waals surface area contributed by atoms with Crippen LogP contribution in [0.4, 0.5) is 5.69 Å². The van der Waals surface area contributed by atoms with Gasteiger partial charge in [-0.2, -0.15) is 0 Å². The Bertz CT molecular complexity index is 281. The molecule has 0 saturated heterocycles. The third-order valence-corrected chi connectivity index (χ3v) is 2.46. The van der Waals surface area contributed by atoms with Crippen LogP contribution >= 0.6 is 11.6 Å². The van der Waals surface area contributed by atoms with Crippen molar-refractivity contribution in [1.82, 2.24) is 0 Å². The molecule has 0 aliphatic heterocycles. The Kier molecular flexibility index (Phi) is 3.61. The first-order valence-corrected chi connectivity index (χ1v) is 5.02. The van der Waals surface area contributed by atoms with E-state index in [1.54, 1.807) is 0 Å². The summed E-state index contributed by atoms with van der Waals surface area (Å²) in [6.07, 6.45) is 2.18. The lowest BCUT2D eigenvalue weighted by molar-refractivity contribution is 0.587. The Morgan fingerprint density at radius 1 is 1.38 bits per heavy atom. The summed E-state index contributed by atoms with van der Waals surface area (Å²) in [6, 6.07) is 5.83. The molecule has 0 bridgehead atoms. The fourth-order valence-corrected chi connectivity index (χ4v) is 1.44. The van der Waals surface area contributed by atoms with Gasteiger partial charge in [0.2, 0.25) is 0 Å². The average molecular weight is 198 g/mol. The molecule has 0 amide bonds. The highest BCUT2D eigenvalue weighted by Crippen LogP contribution is 2.24. The van der Waals surface area contributed by atoms with Crippen LogP contribution in [0.15, 0.2) is 18.2 Å². The summed E-state index contributed by atoms with van der Waals surface area (Å²) < 4.78 is 0. The van der Waals surface area contributed by atoms with Crippen molar-refractivity contribution in [1.29, 1.82) is 0 Å². The standard InChI is InChI=1S/C11H16ClN/c1-8(2)6-7-9-4-3-5-10(12)11(9)13/h3-5,8H,6-7,13H2,1-2H3. The lowest BCUT2D eigenvalue weighted by Gasteiger charge is -2.08. The number of rotatable bonds is 3. The van der Waals surface area contributed by atoms with Gasteiger partial charge in [-0.15, -0.1) is 0 Å². The van der Waals surface area contributed by atoms with Gasteiger partial charge in [-0.25, -0.2) is 0 Å². The van der Waals surface area contributed by atoms with Crippen LogP contribution < -0.4 is 5.73 Å². The van der Waals surface area contributed by atoms with Crippen LogP contribution in [-0.4, -0.2) is 0 Å². The number of nitrogens with two attached hydrogens (primary N) is 1. The first-order valence-electron chi connectivity index (χ1n) is 4.64. The quantitative estimate of drug-likeness (QED) is 0.738. The summed E-state index contributed by atoms with van der Waals surface area (Å²) in [5.74, 6) is 0.707. The summed E-state index contributed by atoms with van der Waals surface area (Å²) in [7, 11) is 0. The van der Waals surface area contributed by atoms with Crippen molar-refractivity contribution in [3.63, 3.8) is 0 Å². The summed E-state index contributed by atoms with van der Waals surface area (Å²) in [5.41, 5.74) is 7.75. The second-order valence-corrected chi connectivity index (χ2v) is 4.15. The zero-order chi connectivity index (χ0) is 9.84. The van der Waals surface area contributed by atoms with Crippen LogP contribution in [0.1, 0.15) is 25.8 Å². The zero-order valence-electron chi connectivity index (χ0n) is 8.18. The average Bonchev–Trinajstić information content (AvgIpc) is 2.07. The molecule has 0 radical (unpaired) electrons. The predicted octanol–water partition coefficient (Wildman–Crippen LogP) is 3.51. The van der Waals surface area contributed by atoms with Crippen LogP contribution in [0.2, 0.25) is 5.02 Å². The molecule has 0 aromatic heterocycles.